The number of fused-ring (bicyclic) bond motifs is 1. The van der Waals surface area contributed by atoms with E-state index < -0.39 is 0 Å². The summed E-state index contributed by atoms with van der Waals surface area (Å²) in [6.45, 7) is 2.29. The SMILES string of the molecule is COc1cc2c(cc1OC)[C@@H](Cc1cc(OC)c(OC)c(OC)c1)[N@@+](C)(CCCOC(=O)CC/C=C/CCC(=O)OCCCO)CC2.[Cl-]. The Morgan fingerprint density at radius 3 is 1.85 bits per heavy atom. The van der Waals surface area contributed by atoms with Gasteiger partial charge in [0.05, 0.1) is 68.9 Å². The van der Waals surface area contributed by atoms with Gasteiger partial charge in [-0.2, -0.15) is 0 Å². The first kappa shape index (κ1) is 40.5. The van der Waals surface area contributed by atoms with Crippen LogP contribution in [0.1, 0.15) is 61.3 Å². The zero-order chi connectivity index (χ0) is 34.2. The number of methoxy groups -OCH3 is 5. The number of carbonyl (C=O) groups is 2. The predicted molar refractivity (Wildman–Crippen MR) is 178 cm³/mol. The molecule has 0 radical (unpaired) electrons. The number of hydrogen-bond donors (Lipinski definition) is 1. The molecule has 0 aromatic heterocycles. The van der Waals surface area contributed by atoms with Crippen LogP contribution in [0.3, 0.4) is 0 Å². The monoisotopic (exact) mass is 693 g/mol. The van der Waals surface area contributed by atoms with E-state index in [0.29, 0.717) is 67.5 Å². The standard InChI is InChI=1S/C36H52NO10.ClH/c1-37(16-11-19-46-34(39)13-9-7-8-10-14-35(40)47-20-12-18-38)17-15-27-24-30(41-2)31(42-3)25-28(27)29(37)21-26-22-32(43-4)36(45-6)33(23-26)44-5;/h7-8,22-25,29,38H,9-21H2,1-6H3;1H/q+1;/p-1/b8-7+;/t29-,37+;/m1./s1. The molecule has 2 atom stereocenters. The zero-order valence-corrected chi connectivity index (χ0v) is 29.9. The molecule has 11 nitrogen and oxygen atoms in total. The number of aliphatic hydroxyl groups excluding tert-OH is 1. The van der Waals surface area contributed by atoms with E-state index in [1.165, 1.54) is 11.1 Å². The fourth-order valence-electron chi connectivity index (χ4n) is 6.05. The number of ether oxygens (including phenoxy) is 7. The fourth-order valence-corrected chi connectivity index (χ4v) is 6.05. The summed E-state index contributed by atoms with van der Waals surface area (Å²) >= 11 is 0. The van der Waals surface area contributed by atoms with Crippen LogP contribution in [0.4, 0.5) is 0 Å². The molecule has 0 saturated carbocycles. The average molecular weight is 694 g/mol. The van der Waals surface area contributed by atoms with Gasteiger partial charge < -0.3 is 55.2 Å². The largest absolute Gasteiger partial charge is 1.00 e. The van der Waals surface area contributed by atoms with Gasteiger partial charge in [0, 0.05) is 50.7 Å². The van der Waals surface area contributed by atoms with Gasteiger partial charge in [-0.3, -0.25) is 9.59 Å². The molecule has 2 aromatic carbocycles. The van der Waals surface area contributed by atoms with Crippen LogP contribution in [0.15, 0.2) is 36.4 Å². The van der Waals surface area contributed by atoms with E-state index in [2.05, 4.69) is 19.2 Å². The van der Waals surface area contributed by atoms with Gasteiger partial charge in [-0.25, -0.2) is 0 Å². The summed E-state index contributed by atoms with van der Waals surface area (Å²) in [5.74, 6) is 2.65. The molecule has 0 amide bonds. The van der Waals surface area contributed by atoms with E-state index >= 15 is 0 Å². The van der Waals surface area contributed by atoms with Crippen molar-refractivity contribution in [2.75, 3.05) is 75.5 Å². The second-order valence-electron chi connectivity index (χ2n) is 11.8. The number of quaternary nitrogens is 1. The van der Waals surface area contributed by atoms with Crippen molar-refractivity contribution in [3.63, 3.8) is 0 Å². The van der Waals surface area contributed by atoms with E-state index in [9.17, 15) is 9.59 Å². The van der Waals surface area contributed by atoms with Crippen LogP contribution in [0.25, 0.3) is 0 Å². The molecular formula is C36H52ClNO10. The Hall–Kier alpha value is -3.67. The number of hydrogen-bond acceptors (Lipinski definition) is 10. The van der Waals surface area contributed by atoms with Crippen molar-refractivity contribution in [3.05, 3.63) is 53.1 Å². The molecule has 1 N–H and O–H groups in total. The maximum absolute atomic E-state index is 12.4. The number of esters is 2. The van der Waals surface area contributed by atoms with Crippen molar-refractivity contribution in [3.8, 4) is 28.7 Å². The van der Waals surface area contributed by atoms with Crippen LogP contribution in [0.2, 0.25) is 0 Å². The highest BCUT2D eigenvalue weighted by atomic mass is 35.5. The van der Waals surface area contributed by atoms with E-state index in [4.69, 9.17) is 38.3 Å². The lowest BCUT2D eigenvalue weighted by atomic mass is 9.86. The van der Waals surface area contributed by atoms with Gasteiger partial charge in [-0.05, 0) is 48.2 Å². The van der Waals surface area contributed by atoms with Crippen molar-refractivity contribution in [1.82, 2.24) is 0 Å². The average Bonchev–Trinajstić information content (AvgIpc) is 3.08. The minimum atomic E-state index is -0.291. The Labute approximate surface area is 291 Å². The van der Waals surface area contributed by atoms with Gasteiger partial charge in [0.15, 0.2) is 23.0 Å². The molecule has 1 heterocycles. The molecule has 0 bridgehead atoms. The topological polar surface area (TPSA) is 119 Å². The lowest BCUT2D eigenvalue weighted by molar-refractivity contribution is -0.941. The lowest BCUT2D eigenvalue weighted by Crippen LogP contribution is -3.00. The normalized spacial score (nSPS) is 16.8. The number of nitrogens with zero attached hydrogens (tertiary/aromatic N) is 1. The summed E-state index contributed by atoms with van der Waals surface area (Å²) in [5, 5.41) is 8.74. The van der Waals surface area contributed by atoms with Gasteiger partial charge in [-0.1, -0.05) is 12.2 Å². The number of benzene rings is 2. The number of allylic oxidation sites excluding steroid dienone is 2. The Bertz CT molecular complexity index is 1330. The quantitative estimate of drug-likeness (QED) is 0.0955. The zero-order valence-electron chi connectivity index (χ0n) is 29.2. The summed E-state index contributed by atoms with van der Waals surface area (Å²) in [4.78, 5) is 24.0. The Balaban J connectivity index is 0.00000800. The highest BCUT2D eigenvalue weighted by Gasteiger charge is 2.40. The molecular weight excluding hydrogens is 642 g/mol. The second-order valence-corrected chi connectivity index (χ2v) is 11.8. The van der Waals surface area contributed by atoms with E-state index in [0.717, 1.165) is 29.6 Å². The highest BCUT2D eigenvalue weighted by Crippen LogP contribution is 2.44. The molecule has 2 aromatic rings. The first-order valence-corrected chi connectivity index (χ1v) is 16.2. The molecule has 0 spiro atoms. The molecule has 268 valence electrons. The third kappa shape index (κ3) is 11.2. The third-order valence-electron chi connectivity index (χ3n) is 8.64. The minimum Gasteiger partial charge on any atom is -1.00 e. The van der Waals surface area contributed by atoms with Crippen LogP contribution in [0, 0.1) is 0 Å². The number of rotatable bonds is 20. The summed E-state index contributed by atoms with van der Waals surface area (Å²) in [7, 11) is 10.4. The first-order valence-electron chi connectivity index (χ1n) is 16.2. The third-order valence-corrected chi connectivity index (χ3v) is 8.64. The summed E-state index contributed by atoms with van der Waals surface area (Å²) < 4.78 is 39.5. The van der Waals surface area contributed by atoms with Crippen molar-refractivity contribution < 1.29 is 64.7 Å². The molecule has 1 aliphatic heterocycles. The smallest absolute Gasteiger partial charge is 0.306 e. The Kier molecular flexibility index (Phi) is 17.4. The van der Waals surface area contributed by atoms with Gasteiger partial charge in [0.25, 0.3) is 0 Å². The molecule has 12 heteroatoms. The molecule has 3 rings (SSSR count). The van der Waals surface area contributed by atoms with E-state index in [1.807, 2.05) is 24.3 Å². The minimum absolute atomic E-state index is 0. The Morgan fingerprint density at radius 2 is 1.33 bits per heavy atom. The molecule has 0 aliphatic carbocycles. The number of halogens is 1. The fraction of sp³-hybridized carbons (Fsp3) is 0.556. The van der Waals surface area contributed by atoms with Gasteiger partial charge in [-0.15, -0.1) is 0 Å². The van der Waals surface area contributed by atoms with Crippen molar-refractivity contribution in [2.24, 2.45) is 0 Å². The number of carbonyl (C=O) groups excluding carboxylic acids is 2. The Morgan fingerprint density at radius 1 is 0.792 bits per heavy atom. The van der Waals surface area contributed by atoms with Gasteiger partial charge in [0.1, 0.15) is 6.04 Å². The summed E-state index contributed by atoms with van der Waals surface area (Å²) in [5.41, 5.74) is 3.48. The van der Waals surface area contributed by atoms with Crippen LogP contribution >= 0.6 is 0 Å². The maximum Gasteiger partial charge on any atom is 0.306 e. The van der Waals surface area contributed by atoms with Crippen LogP contribution in [-0.2, 0) is 31.9 Å². The van der Waals surface area contributed by atoms with Crippen LogP contribution in [0.5, 0.6) is 28.7 Å². The first-order chi connectivity index (χ1) is 22.7. The van der Waals surface area contributed by atoms with Crippen LogP contribution < -0.4 is 36.1 Å². The number of aliphatic hydroxyl groups is 1. The molecule has 0 saturated heterocycles. The molecule has 1 aliphatic rings. The summed E-state index contributed by atoms with van der Waals surface area (Å²) in [6, 6.07) is 8.26. The predicted octanol–water partition coefficient (Wildman–Crippen LogP) is 2.00. The maximum atomic E-state index is 12.4. The summed E-state index contributed by atoms with van der Waals surface area (Å²) in [6.07, 6.45) is 8.15. The van der Waals surface area contributed by atoms with Crippen molar-refractivity contribution in [2.45, 2.75) is 57.4 Å². The van der Waals surface area contributed by atoms with Crippen molar-refractivity contribution >= 4 is 11.9 Å². The van der Waals surface area contributed by atoms with Crippen molar-refractivity contribution in [1.29, 1.82) is 0 Å². The van der Waals surface area contributed by atoms with Gasteiger partial charge >= 0.3 is 11.9 Å². The van der Waals surface area contributed by atoms with E-state index in [1.54, 1.807) is 35.5 Å². The molecule has 0 fully saturated rings. The van der Waals surface area contributed by atoms with Gasteiger partial charge in [0.2, 0.25) is 5.75 Å². The number of likely N-dealkylation sites (N-methyl/N-ethyl adjacent to an activating group) is 1. The highest BCUT2D eigenvalue weighted by molar-refractivity contribution is 5.70. The van der Waals surface area contributed by atoms with Crippen LogP contribution in [-0.4, -0.2) is 97.0 Å². The van der Waals surface area contributed by atoms with E-state index in [-0.39, 0.29) is 56.4 Å². The lowest BCUT2D eigenvalue weighted by Gasteiger charge is -2.46. The second kappa shape index (κ2) is 20.6. The molecule has 48 heavy (non-hydrogen) atoms. The molecule has 0 unspecified atom stereocenters.